The lowest BCUT2D eigenvalue weighted by Gasteiger charge is -2.02. The average Bonchev–Trinajstić information content (AvgIpc) is 2.69. The quantitative estimate of drug-likeness (QED) is 0.815. The number of carbonyl (C=O) groups is 1. The number of imidazole rings is 1. The highest BCUT2D eigenvalue weighted by Crippen LogP contribution is 2.14. The molecule has 2 heterocycles. The van der Waals surface area contributed by atoms with Crippen LogP contribution in [0.3, 0.4) is 0 Å². The number of hydrogen-bond acceptors (Lipinski definition) is 3. The highest BCUT2D eigenvalue weighted by atomic mass is 79.9. The Hall–Kier alpha value is -1.36. The van der Waals surface area contributed by atoms with Crippen LogP contribution in [0.15, 0.2) is 29.0 Å². The molecule has 0 aliphatic heterocycles. The van der Waals surface area contributed by atoms with E-state index in [-0.39, 0.29) is 5.97 Å². The van der Waals surface area contributed by atoms with E-state index in [2.05, 4.69) is 20.9 Å². The van der Waals surface area contributed by atoms with Crippen molar-refractivity contribution in [3.05, 3.63) is 34.7 Å². The standard InChI is InChI=1S/C12H13BrN2O2/c1-2-17-12(16)6-4-10-7-14-11-5-3-9(13)8-15(10)11/h3,5,7-8H,2,4,6H2,1H3. The van der Waals surface area contributed by atoms with Crippen LogP contribution in [0.4, 0.5) is 0 Å². The lowest BCUT2D eigenvalue weighted by atomic mass is 10.2. The van der Waals surface area contributed by atoms with Crippen molar-refractivity contribution in [1.82, 2.24) is 9.38 Å². The Bertz CT molecular complexity index is 536. The van der Waals surface area contributed by atoms with E-state index in [1.54, 1.807) is 6.20 Å². The largest absolute Gasteiger partial charge is 0.466 e. The van der Waals surface area contributed by atoms with Crippen molar-refractivity contribution in [3.63, 3.8) is 0 Å². The Morgan fingerprint density at radius 3 is 3.12 bits per heavy atom. The fourth-order valence-corrected chi connectivity index (χ4v) is 1.99. The van der Waals surface area contributed by atoms with Crippen LogP contribution >= 0.6 is 15.9 Å². The van der Waals surface area contributed by atoms with Crippen molar-refractivity contribution in [3.8, 4) is 0 Å². The van der Waals surface area contributed by atoms with Gasteiger partial charge in [-0.25, -0.2) is 4.98 Å². The minimum atomic E-state index is -0.169. The van der Waals surface area contributed by atoms with Crippen LogP contribution < -0.4 is 0 Å². The van der Waals surface area contributed by atoms with Gasteiger partial charge in [-0.05, 0) is 35.0 Å². The number of halogens is 1. The number of carbonyl (C=O) groups excluding carboxylic acids is 1. The third-order valence-corrected chi connectivity index (χ3v) is 2.91. The maximum Gasteiger partial charge on any atom is 0.306 e. The minimum absolute atomic E-state index is 0.169. The van der Waals surface area contributed by atoms with Gasteiger partial charge in [-0.15, -0.1) is 0 Å². The highest BCUT2D eigenvalue weighted by molar-refractivity contribution is 9.10. The summed E-state index contributed by atoms with van der Waals surface area (Å²) in [6.45, 7) is 2.24. The van der Waals surface area contributed by atoms with Gasteiger partial charge >= 0.3 is 5.97 Å². The Labute approximate surface area is 108 Å². The molecule has 0 aromatic carbocycles. The first-order valence-corrected chi connectivity index (χ1v) is 6.27. The summed E-state index contributed by atoms with van der Waals surface area (Å²) < 4.78 is 7.86. The molecule has 5 heteroatoms. The normalized spacial score (nSPS) is 10.7. The molecule has 2 rings (SSSR count). The Kier molecular flexibility index (Phi) is 3.78. The van der Waals surface area contributed by atoms with Crippen LogP contribution in [0.5, 0.6) is 0 Å². The molecule has 0 amide bonds. The highest BCUT2D eigenvalue weighted by Gasteiger charge is 2.07. The van der Waals surface area contributed by atoms with E-state index in [9.17, 15) is 4.79 Å². The second-order valence-corrected chi connectivity index (χ2v) is 4.55. The maximum atomic E-state index is 11.3. The molecule has 0 aliphatic carbocycles. The second-order valence-electron chi connectivity index (χ2n) is 3.63. The molecule has 90 valence electrons. The Morgan fingerprint density at radius 1 is 1.53 bits per heavy atom. The van der Waals surface area contributed by atoms with Crippen LogP contribution in [-0.2, 0) is 16.0 Å². The van der Waals surface area contributed by atoms with Gasteiger partial charge in [0.2, 0.25) is 0 Å². The molecule has 2 aromatic rings. The monoisotopic (exact) mass is 296 g/mol. The summed E-state index contributed by atoms with van der Waals surface area (Å²) in [5.74, 6) is -0.169. The maximum absolute atomic E-state index is 11.3. The number of hydrogen-bond donors (Lipinski definition) is 0. The zero-order valence-corrected chi connectivity index (χ0v) is 11.1. The first-order valence-electron chi connectivity index (χ1n) is 5.48. The molecule has 4 nitrogen and oxygen atoms in total. The smallest absolute Gasteiger partial charge is 0.306 e. The number of esters is 1. The molecule has 0 fully saturated rings. The lowest BCUT2D eigenvalue weighted by molar-refractivity contribution is -0.143. The first-order chi connectivity index (χ1) is 8.20. The summed E-state index contributed by atoms with van der Waals surface area (Å²) >= 11 is 3.42. The summed E-state index contributed by atoms with van der Waals surface area (Å²) in [7, 11) is 0. The van der Waals surface area contributed by atoms with Gasteiger partial charge in [-0.2, -0.15) is 0 Å². The summed E-state index contributed by atoms with van der Waals surface area (Å²) in [4.78, 5) is 15.6. The predicted molar refractivity (Wildman–Crippen MR) is 67.8 cm³/mol. The zero-order valence-electron chi connectivity index (χ0n) is 9.52. The average molecular weight is 297 g/mol. The van der Waals surface area contributed by atoms with Crippen LogP contribution in [0.25, 0.3) is 5.65 Å². The molecule has 2 aromatic heterocycles. The molecule has 0 N–H and O–H groups in total. The summed E-state index contributed by atoms with van der Waals surface area (Å²) in [6.07, 6.45) is 4.76. The van der Waals surface area contributed by atoms with Gasteiger partial charge in [0.25, 0.3) is 0 Å². The molecule has 0 radical (unpaired) electrons. The number of nitrogens with zero attached hydrogens (tertiary/aromatic N) is 2. The van der Waals surface area contributed by atoms with Gasteiger partial charge in [0, 0.05) is 29.0 Å². The molecule has 0 aliphatic rings. The number of rotatable bonds is 4. The molecule has 0 saturated heterocycles. The third kappa shape index (κ3) is 2.85. The Balaban J connectivity index is 2.13. The van der Waals surface area contributed by atoms with Crippen molar-refractivity contribution in [2.45, 2.75) is 19.8 Å². The van der Waals surface area contributed by atoms with Crippen molar-refractivity contribution in [2.75, 3.05) is 6.61 Å². The molecule has 0 unspecified atom stereocenters. The van der Waals surface area contributed by atoms with Crippen LogP contribution in [-0.4, -0.2) is 22.0 Å². The minimum Gasteiger partial charge on any atom is -0.466 e. The van der Waals surface area contributed by atoms with E-state index in [4.69, 9.17) is 4.74 Å². The third-order valence-electron chi connectivity index (χ3n) is 2.44. The van der Waals surface area contributed by atoms with Gasteiger partial charge in [0.1, 0.15) is 5.65 Å². The van der Waals surface area contributed by atoms with E-state index in [1.807, 2.05) is 29.7 Å². The number of fused-ring (bicyclic) bond motifs is 1. The topological polar surface area (TPSA) is 43.6 Å². The lowest BCUT2D eigenvalue weighted by Crippen LogP contribution is -2.06. The second kappa shape index (κ2) is 5.31. The fourth-order valence-electron chi connectivity index (χ4n) is 1.65. The Morgan fingerprint density at radius 2 is 2.35 bits per heavy atom. The predicted octanol–water partition coefficient (Wildman–Crippen LogP) is 2.59. The zero-order chi connectivity index (χ0) is 12.3. The van der Waals surface area contributed by atoms with E-state index >= 15 is 0 Å². The molecular weight excluding hydrogens is 284 g/mol. The summed E-state index contributed by atoms with van der Waals surface area (Å²) in [5.41, 5.74) is 1.89. The van der Waals surface area contributed by atoms with Gasteiger partial charge in [-0.1, -0.05) is 0 Å². The molecule has 17 heavy (non-hydrogen) atoms. The van der Waals surface area contributed by atoms with Crippen LogP contribution in [0.2, 0.25) is 0 Å². The SMILES string of the molecule is CCOC(=O)CCc1cnc2ccc(Br)cn12. The molecular formula is C12H13BrN2O2. The van der Waals surface area contributed by atoms with Gasteiger partial charge in [0.05, 0.1) is 13.0 Å². The van der Waals surface area contributed by atoms with E-state index < -0.39 is 0 Å². The van der Waals surface area contributed by atoms with Crippen molar-refractivity contribution in [2.24, 2.45) is 0 Å². The number of pyridine rings is 1. The fraction of sp³-hybridized carbons (Fsp3) is 0.333. The molecule has 0 spiro atoms. The first kappa shape index (κ1) is 12.1. The van der Waals surface area contributed by atoms with Crippen molar-refractivity contribution in [1.29, 1.82) is 0 Å². The van der Waals surface area contributed by atoms with E-state index in [0.717, 1.165) is 15.8 Å². The van der Waals surface area contributed by atoms with Gasteiger partial charge in [-0.3, -0.25) is 4.79 Å². The van der Waals surface area contributed by atoms with Crippen LogP contribution in [0.1, 0.15) is 19.0 Å². The molecule has 0 atom stereocenters. The van der Waals surface area contributed by atoms with Gasteiger partial charge in [0.15, 0.2) is 0 Å². The number of aromatic nitrogens is 2. The van der Waals surface area contributed by atoms with Crippen LogP contribution in [0, 0.1) is 0 Å². The van der Waals surface area contributed by atoms with Crippen molar-refractivity contribution >= 4 is 27.5 Å². The van der Waals surface area contributed by atoms with E-state index in [1.165, 1.54) is 0 Å². The summed E-state index contributed by atoms with van der Waals surface area (Å²) in [5, 5.41) is 0. The molecule has 0 saturated carbocycles. The van der Waals surface area contributed by atoms with Gasteiger partial charge < -0.3 is 9.14 Å². The van der Waals surface area contributed by atoms with Crippen molar-refractivity contribution < 1.29 is 9.53 Å². The van der Waals surface area contributed by atoms with E-state index in [0.29, 0.717) is 19.4 Å². The summed E-state index contributed by atoms with van der Waals surface area (Å²) in [6, 6.07) is 3.87. The number of ether oxygens (including phenoxy) is 1. The number of aryl methyl sites for hydroxylation is 1. The molecule has 0 bridgehead atoms.